The number of nitrogens with zero attached hydrogens (tertiary/aromatic N) is 1. The minimum absolute atomic E-state index is 0.0943. The molecule has 0 aromatic heterocycles. The molecule has 1 atom stereocenters. The van der Waals surface area contributed by atoms with Crippen LogP contribution < -0.4 is 5.32 Å². The van der Waals surface area contributed by atoms with Crippen molar-refractivity contribution in [1.29, 1.82) is 0 Å². The van der Waals surface area contributed by atoms with Gasteiger partial charge in [0.15, 0.2) is 0 Å². The molecule has 1 aliphatic rings. The molecule has 1 fully saturated rings. The van der Waals surface area contributed by atoms with Crippen LogP contribution in [0.5, 0.6) is 0 Å². The third-order valence-corrected chi connectivity index (χ3v) is 4.13. The lowest BCUT2D eigenvalue weighted by molar-refractivity contribution is -0.139. The SMILES string of the molecule is CCC1CCCCN1C(=O)CC(=O)NCc1ccc(F)cc1. The summed E-state index contributed by atoms with van der Waals surface area (Å²) in [7, 11) is 0. The summed E-state index contributed by atoms with van der Waals surface area (Å²) < 4.78 is 12.8. The molecule has 1 N–H and O–H groups in total. The van der Waals surface area contributed by atoms with Crippen LogP contribution in [0.3, 0.4) is 0 Å². The van der Waals surface area contributed by atoms with Crippen LogP contribution in [-0.2, 0) is 16.1 Å². The van der Waals surface area contributed by atoms with Crippen LogP contribution in [0.25, 0.3) is 0 Å². The number of rotatable bonds is 5. The average molecular weight is 306 g/mol. The number of amides is 2. The van der Waals surface area contributed by atoms with Crippen molar-refractivity contribution in [1.82, 2.24) is 10.2 Å². The molecule has 22 heavy (non-hydrogen) atoms. The van der Waals surface area contributed by atoms with E-state index in [2.05, 4.69) is 12.2 Å². The zero-order valence-electron chi connectivity index (χ0n) is 13.0. The van der Waals surface area contributed by atoms with Crippen molar-refractivity contribution in [2.24, 2.45) is 0 Å². The van der Waals surface area contributed by atoms with E-state index in [4.69, 9.17) is 0 Å². The molecule has 2 amide bonds. The van der Waals surface area contributed by atoms with Crippen molar-refractivity contribution >= 4 is 11.8 Å². The molecule has 1 saturated heterocycles. The normalized spacial score (nSPS) is 18.1. The van der Waals surface area contributed by atoms with Crippen LogP contribution in [0.2, 0.25) is 0 Å². The average Bonchev–Trinajstić information content (AvgIpc) is 2.54. The largest absolute Gasteiger partial charge is 0.352 e. The molecule has 2 rings (SSSR count). The van der Waals surface area contributed by atoms with E-state index in [1.807, 2.05) is 4.90 Å². The van der Waals surface area contributed by atoms with Crippen LogP contribution in [0.15, 0.2) is 24.3 Å². The molecule has 5 heteroatoms. The van der Waals surface area contributed by atoms with Gasteiger partial charge in [-0.1, -0.05) is 19.1 Å². The zero-order chi connectivity index (χ0) is 15.9. The van der Waals surface area contributed by atoms with Crippen LogP contribution >= 0.6 is 0 Å². The number of benzene rings is 1. The van der Waals surface area contributed by atoms with Crippen LogP contribution in [-0.4, -0.2) is 29.3 Å². The van der Waals surface area contributed by atoms with Gasteiger partial charge in [0.25, 0.3) is 0 Å². The van der Waals surface area contributed by atoms with Crippen LogP contribution in [0.1, 0.15) is 44.6 Å². The van der Waals surface area contributed by atoms with E-state index in [0.717, 1.165) is 37.8 Å². The van der Waals surface area contributed by atoms with Gasteiger partial charge in [-0.25, -0.2) is 4.39 Å². The predicted octanol–water partition coefficient (Wildman–Crippen LogP) is 2.62. The van der Waals surface area contributed by atoms with Gasteiger partial charge in [-0.2, -0.15) is 0 Å². The fraction of sp³-hybridized carbons (Fsp3) is 0.529. The second-order valence-corrected chi connectivity index (χ2v) is 5.72. The maximum atomic E-state index is 12.8. The Labute approximate surface area is 130 Å². The van der Waals surface area contributed by atoms with Gasteiger partial charge in [0, 0.05) is 19.1 Å². The molecule has 0 radical (unpaired) electrons. The molecule has 0 bridgehead atoms. The standard InChI is InChI=1S/C17H23FN2O2/c1-2-15-5-3-4-10-20(15)17(22)11-16(21)19-12-13-6-8-14(18)9-7-13/h6-9,15H,2-5,10-12H2,1H3,(H,19,21). The first-order valence-corrected chi connectivity index (χ1v) is 7.90. The highest BCUT2D eigenvalue weighted by atomic mass is 19.1. The molecule has 1 aromatic rings. The minimum atomic E-state index is -0.305. The zero-order valence-corrected chi connectivity index (χ0v) is 13.0. The second-order valence-electron chi connectivity index (χ2n) is 5.72. The van der Waals surface area contributed by atoms with Crippen molar-refractivity contribution in [3.63, 3.8) is 0 Å². The van der Waals surface area contributed by atoms with E-state index in [1.165, 1.54) is 12.1 Å². The summed E-state index contributed by atoms with van der Waals surface area (Å²) in [5.74, 6) is -0.682. The van der Waals surface area contributed by atoms with E-state index in [-0.39, 0.29) is 30.1 Å². The molecule has 1 aliphatic heterocycles. The highest BCUT2D eigenvalue weighted by Crippen LogP contribution is 2.20. The Kier molecular flexibility index (Phi) is 5.92. The summed E-state index contributed by atoms with van der Waals surface area (Å²) in [5, 5.41) is 2.71. The quantitative estimate of drug-likeness (QED) is 0.850. The van der Waals surface area contributed by atoms with Gasteiger partial charge in [0.05, 0.1) is 0 Å². The van der Waals surface area contributed by atoms with Crippen molar-refractivity contribution < 1.29 is 14.0 Å². The smallest absolute Gasteiger partial charge is 0.232 e. The Morgan fingerprint density at radius 1 is 1.27 bits per heavy atom. The van der Waals surface area contributed by atoms with E-state index in [1.54, 1.807) is 12.1 Å². The maximum Gasteiger partial charge on any atom is 0.232 e. The number of nitrogens with one attached hydrogen (secondary N) is 1. The van der Waals surface area contributed by atoms with Crippen LogP contribution in [0.4, 0.5) is 4.39 Å². The first-order valence-electron chi connectivity index (χ1n) is 7.90. The molecule has 1 aromatic carbocycles. The first kappa shape index (κ1) is 16.5. The van der Waals surface area contributed by atoms with Gasteiger partial charge in [0.1, 0.15) is 12.2 Å². The number of hydrogen-bond donors (Lipinski definition) is 1. The van der Waals surface area contributed by atoms with Crippen LogP contribution in [0, 0.1) is 5.82 Å². The molecule has 120 valence electrons. The van der Waals surface area contributed by atoms with E-state index < -0.39 is 0 Å². The molecule has 0 saturated carbocycles. The van der Waals surface area contributed by atoms with Gasteiger partial charge in [-0.3, -0.25) is 9.59 Å². The van der Waals surface area contributed by atoms with Gasteiger partial charge in [-0.05, 0) is 43.4 Å². The topological polar surface area (TPSA) is 49.4 Å². The van der Waals surface area contributed by atoms with Gasteiger partial charge in [-0.15, -0.1) is 0 Å². The number of halogens is 1. The lowest BCUT2D eigenvalue weighted by Gasteiger charge is -2.35. The summed E-state index contributed by atoms with van der Waals surface area (Å²) in [6.45, 7) is 3.14. The Balaban J connectivity index is 1.80. The highest BCUT2D eigenvalue weighted by molar-refractivity contribution is 5.97. The third-order valence-electron chi connectivity index (χ3n) is 4.13. The summed E-state index contributed by atoms with van der Waals surface area (Å²) >= 11 is 0. The minimum Gasteiger partial charge on any atom is -0.352 e. The fourth-order valence-corrected chi connectivity index (χ4v) is 2.86. The number of likely N-dealkylation sites (tertiary alicyclic amines) is 1. The van der Waals surface area contributed by atoms with E-state index in [0.29, 0.717) is 6.54 Å². The monoisotopic (exact) mass is 306 g/mol. The Morgan fingerprint density at radius 2 is 2.00 bits per heavy atom. The number of hydrogen-bond acceptors (Lipinski definition) is 2. The number of carbonyl (C=O) groups excluding carboxylic acids is 2. The van der Waals surface area contributed by atoms with Crippen molar-refractivity contribution in [3.05, 3.63) is 35.6 Å². The maximum absolute atomic E-state index is 12.8. The Hall–Kier alpha value is -1.91. The number of carbonyl (C=O) groups is 2. The van der Waals surface area contributed by atoms with Crippen molar-refractivity contribution in [2.75, 3.05) is 6.54 Å². The second kappa shape index (κ2) is 7.92. The predicted molar refractivity (Wildman–Crippen MR) is 82.5 cm³/mol. The Bertz CT molecular complexity index is 516. The van der Waals surface area contributed by atoms with E-state index in [9.17, 15) is 14.0 Å². The molecular weight excluding hydrogens is 283 g/mol. The van der Waals surface area contributed by atoms with Gasteiger partial charge >= 0.3 is 0 Å². The lowest BCUT2D eigenvalue weighted by Crippen LogP contribution is -2.45. The molecule has 0 aliphatic carbocycles. The summed E-state index contributed by atoms with van der Waals surface area (Å²) in [5.41, 5.74) is 0.812. The molecule has 1 heterocycles. The molecular formula is C17H23FN2O2. The van der Waals surface area contributed by atoms with E-state index >= 15 is 0 Å². The highest BCUT2D eigenvalue weighted by Gasteiger charge is 2.26. The molecule has 4 nitrogen and oxygen atoms in total. The van der Waals surface area contributed by atoms with Gasteiger partial charge < -0.3 is 10.2 Å². The Morgan fingerprint density at radius 3 is 2.68 bits per heavy atom. The first-order chi connectivity index (χ1) is 10.6. The third kappa shape index (κ3) is 4.55. The molecule has 1 unspecified atom stereocenters. The summed E-state index contributed by atoms with van der Waals surface area (Å²) in [6.07, 6.45) is 4.01. The summed E-state index contributed by atoms with van der Waals surface area (Å²) in [6, 6.07) is 6.22. The van der Waals surface area contributed by atoms with Gasteiger partial charge in [0.2, 0.25) is 11.8 Å². The number of piperidine rings is 1. The summed E-state index contributed by atoms with van der Waals surface area (Å²) in [4.78, 5) is 26.0. The van der Waals surface area contributed by atoms with Crippen molar-refractivity contribution in [2.45, 2.75) is 51.6 Å². The lowest BCUT2D eigenvalue weighted by atomic mass is 9.99. The fourth-order valence-electron chi connectivity index (χ4n) is 2.86. The van der Waals surface area contributed by atoms with Crippen molar-refractivity contribution in [3.8, 4) is 0 Å². The molecule has 0 spiro atoms.